The average Bonchev–Trinajstić information content (AvgIpc) is 2.17. The van der Waals surface area contributed by atoms with Gasteiger partial charge in [-0.25, -0.2) is 4.39 Å². The first-order valence-corrected chi connectivity index (χ1v) is 3.92. The van der Waals surface area contributed by atoms with Gasteiger partial charge in [0.2, 0.25) is 0 Å². The number of nitrogens with zero attached hydrogens (tertiary/aromatic N) is 1. The minimum atomic E-state index is -0.905. The van der Waals surface area contributed by atoms with Gasteiger partial charge >= 0.3 is 0 Å². The lowest BCUT2D eigenvalue weighted by Crippen LogP contribution is -1.88. The van der Waals surface area contributed by atoms with Crippen molar-refractivity contribution in [3.63, 3.8) is 0 Å². The van der Waals surface area contributed by atoms with Crippen molar-refractivity contribution in [1.82, 2.24) is 0 Å². The molecule has 0 aromatic heterocycles. The highest BCUT2D eigenvalue weighted by Gasteiger charge is 2.05. The fourth-order valence-electron chi connectivity index (χ4n) is 1.00. The van der Waals surface area contributed by atoms with Gasteiger partial charge in [0.1, 0.15) is 6.17 Å². The molecule has 12 heavy (non-hydrogen) atoms. The topological polar surface area (TPSA) is 23.8 Å². The Morgan fingerprint density at radius 3 is 2.42 bits per heavy atom. The van der Waals surface area contributed by atoms with Gasteiger partial charge in [0, 0.05) is 0 Å². The van der Waals surface area contributed by atoms with E-state index in [1.54, 1.807) is 31.2 Å². The van der Waals surface area contributed by atoms with E-state index in [2.05, 4.69) is 0 Å². The molecule has 1 unspecified atom stereocenters. The first kappa shape index (κ1) is 8.73. The van der Waals surface area contributed by atoms with Gasteiger partial charge in [-0.3, -0.25) is 0 Å². The van der Waals surface area contributed by atoms with E-state index in [-0.39, 0.29) is 0 Å². The Hall–Kier alpha value is -1.36. The van der Waals surface area contributed by atoms with Gasteiger partial charge in [0.25, 0.3) is 0 Å². The van der Waals surface area contributed by atoms with E-state index < -0.39 is 6.17 Å². The van der Waals surface area contributed by atoms with Crippen LogP contribution in [0.15, 0.2) is 24.3 Å². The van der Waals surface area contributed by atoms with Gasteiger partial charge in [-0.15, -0.1) is 0 Å². The van der Waals surface area contributed by atoms with E-state index in [1.807, 2.05) is 6.07 Å². The van der Waals surface area contributed by atoms with Crippen LogP contribution in [0.2, 0.25) is 0 Å². The molecule has 0 aliphatic rings. The lowest BCUT2D eigenvalue weighted by atomic mass is 10.1. The molecule has 0 amide bonds. The summed E-state index contributed by atoms with van der Waals surface area (Å²) in [5.74, 6) is 0. The maximum Gasteiger partial charge on any atom is 0.125 e. The second kappa shape index (κ2) is 3.87. The molecule has 1 aromatic carbocycles. The molecule has 0 saturated heterocycles. The van der Waals surface area contributed by atoms with Crippen LogP contribution in [0.3, 0.4) is 0 Å². The van der Waals surface area contributed by atoms with Crippen molar-refractivity contribution in [3.05, 3.63) is 35.4 Å². The largest absolute Gasteiger partial charge is 0.242 e. The molecule has 1 rings (SSSR count). The summed E-state index contributed by atoms with van der Waals surface area (Å²) in [6, 6.07) is 8.58. The zero-order valence-electron chi connectivity index (χ0n) is 6.92. The van der Waals surface area contributed by atoms with E-state index in [9.17, 15) is 4.39 Å². The molecule has 0 spiro atoms. The van der Waals surface area contributed by atoms with Crippen molar-refractivity contribution in [2.24, 2.45) is 0 Å². The maximum absolute atomic E-state index is 13.0. The Morgan fingerprint density at radius 2 is 2.00 bits per heavy atom. The summed E-state index contributed by atoms with van der Waals surface area (Å²) in [7, 11) is 0. The highest BCUT2D eigenvalue weighted by Crippen LogP contribution is 2.20. The molecule has 2 heteroatoms. The predicted molar refractivity (Wildman–Crippen MR) is 45.3 cm³/mol. The molecule has 0 bridgehead atoms. The van der Waals surface area contributed by atoms with E-state index in [0.717, 1.165) is 0 Å². The standard InChI is InChI=1S/C10H10FN/c1-2-10(11)9-5-3-8(7-12)4-6-9/h3-6,10H,2H2,1H3. The number of rotatable bonds is 2. The van der Waals surface area contributed by atoms with Gasteiger partial charge in [-0.1, -0.05) is 19.1 Å². The van der Waals surface area contributed by atoms with Crippen molar-refractivity contribution in [2.75, 3.05) is 0 Å². The van der Waals surface area contributed by atoms with Gasteiger partial charge in [0.15, 0.2) is 0 Å². The highest BCUT2D eigenvalue weighted by atomic mass is 19.1. The third-order valence-corrected chi connectivity index (χ3v) is 1.76. The molecule has 0 heterocycles. The van der Waals surface area contributed by atoms with E-state index in [1.165, 1.54) is 0 Å². The molecule has 0 aliphatic heterocycles. The summed E-state index contributed by atoms with van der Waals surface area (Å²) < 4.78 is 13.0. The molecule has 1 atom stereocenters. The monoisotopic (exact) mass is 163 g/mol. The summed E-state index contributed by atoms with van der Waals surface area (Å²) in [6.07, 6.45) is -0.427. The van der Waals surface area contributed by atoms with E-state index >= 15 is 0 Å². The smallest absolute Gasteiger partial charge is 0.125 e. The summed E-state index contributed by atoms with van der Waals surface area (Å²) in [5, 5.41) is 8.48. The minimum Gasteiger partial charge on any atom is -0.242 e. The van der Waals surface area contributed by atoms with Gasteiger partial charge in [0.05, 0.1) is 11.6 Å². The SMILES string of the molecule is CCC(F)c1ccc(C#N)cc1. The Kier molecular flexibility index (Phi) is 2.82. The fourth-order valence-corrected chi connectivity index (χ4v) is 1.00. The predicted octanol–water partition coefficient (Wildman–Crippen LogP) is 2.98. The number of alkyl halides is 1. The number of benzene rings is 1. The van der Waals surface area contributed by atoms with Crippen molar-refractivity contribution in [1.29, 1.82) is 5.26 Å². The zero-order valence-corrected chi connectivity index (χ0v) is 6.92. The molecule has 0 N–H and O–H groups in total. The molecule has 1 aromatic rings. The van der Waals surface area contributed by atoms with Crippen LogP contribution in [0, 0.1) is 11.3 Å². The quantitative estimate of drug-likeness (QED) is 0.657. The van der Waals surface area contributed by atoms with Crippen molar-refractivity contribution >= 4 is 0 Å². The molecule has 0 aliphatic carbocycles. The number of hydrogen-bond donors (Lipinski definition) is 0. The first-order chi connectivity index (χ1) is 5.77. The van der Waals surface area contributed by atoms with Gasteiger partial charge in [-0.2, -0.15) is 5.26 Å². The van der Waals surface area contributed by atoms with Crippen molar-refractivity contribution in [2.45, 2.75) is 19.5 Å². The summed E-state index contributed by atoms with van der Waals surface area (Å²) >= 11 is 0. The molecule has 0 radical (unpaired) electrons. The van der Waals surface area contributed by atoms with Crippen LogP contribution in [-0.4, -0.2) is 0 Å². The summed E-state index contributed by atoms with van der Waals surface area (Å²) in [4.78, 5) is 0. The highest BCUT2D eigenvalue weighted by molar-refractivity contribution is 5.32. The summed E-state index contributed by atoms with van der Waals surface area (Å²) in [6.45, 7) is 1.79. The van der Waals surface area contributed by atoms with Crippen LogP contribution in [0.5, 0.6) is 0 Å². The lowest BCUT2D eigenvalue weighted by Gasteiger charge is -2.03. The van der Waals surface area contributed by atoms with Crippen LogP contribution in [0.1, 0.15) is 30.6 Å². The maximum atomic E-state index is 13.0. The Balaban J connectivity index is 2.86. The number of nitriles is 1. The normalized spacial score (nSPS) is 12.1. The molecule has 0 saturated carbocycles. The zero-order chi connectivity index (χ0) is 8.97. The second-order valence-electron chi connectivity index (χ2n) is 2.61. The molecular weight excluding hydrogens is 153 g/mol. The fraction of sp³-hybridized carbons (Fsp3) is 0.300. The Labute approximate surface area is 71.4 Å². The number of halogens is 1. The van der Waals surface area contributed by atoms with Crippen LogP contribution < -0.4 is 0 Å². The lowest BCUT2D eigenvalue weighted by molar-refractivity contribution is 0.334. The van der Waals surface area contributed by atoms with E-state index in [4.69, 9.17) is 5.26 Å². The number of hydrogen-bond acceptors (Lipinski definition) is 1. The minimum absolute atomic E-state index is 0.478. The molecule has 62 valence electrons. The molecule has 0 fully saturated rings. The van der Waals surface area contributed by atoms with Crippen LogP contribution >= 0.6 is 0 Å². The summed E-state index contributed by atoms with van der Waals surface area (Å²) in [5.41, 5.74) is 1.22. The van der Waals surface area contributed by atoms with Gasteiger partial charge in [-0.05, 0) is 24.1 Å². The average molecular weight is 163 g/mol. The van der Waals surface area contributed by atoms with Gasteiger partial charge < -0.3 is 0 Å². The van der Waals surface area contributed by atoms with Crippen LogP contribution in [0.4, 0.5) is 4.39 Å². The third kappa shape index (κ3) is 1.82. The van der Waals surface area contributed by atoms with Crippen LogP contribution in [-0.2, 0) is 0 Å². The third-order valence-electron chi connectivity index (χ3n) is 1.76. The Morgan fingerprint density at radius 1 is 1.42 bits per heavy atom. The van der Waals surface area contributed by atoms with Crippen molar-refractivity contribution < 1.29 is 4.39 Å². The Bertz CT molecular complexity index is 284. The molecular formula is C10H10FN. The van der Waals surface area contributed by atoms with Crippen LogP contribution in [0.25, 0.3) is 0 Å². The van der Waals surface area contributed by atoms with E-state index in [0.29, 0.717) is 17.5 Å². The second-order valence-corrected chi connectivity index (χ2v) is 2.61. The van der Waals surface area contributed by atoms with Crippen molar-refractivity contribution in [3.8, 4) is 6.07 Å². The molecule has 1 nitrogen and oxygen atoms in total. The first-order valence-electron chi connectivity index (χ1n) is 3.92.